The van der Waals surface area contributed by atoms with Crippen molar-refractivity contribution >= 4 is 35.9 Å². The molecule has 1 saturated heterocycles. The number of Topliss-reactive ketones (excluding diaryl/α,β-unsaturated/α-hetero) is 1. The van der Waals surface area contributed by atoms with Crippen molar-refractivity contribution in [3.63, 3.8) is 0 Å². The molecule has 1 aliphatic heterocycles. The largest absolute Gasteiger partial charge is 0.405 e. The number of hydrogen-bond acceptors (Lipinski definition) is 5. The number of benzene rings is 1. The Bertz CT molecular complexity index is 599. The van der Waals surface area contributed by atoms with Crippen LogP contribution in [0.15, 0.2) is 30.3 Å². The van der Waals surface area contributed by atoms with Gasteiger partial charge in [-0.3, -0.25) is 14.5 Å². The molecule has 0 bridgehead atoms. The molecule has 2 rings (SSSR count). The summed E-state index contributed by atoms with van der Waals surface area (Å²) in [6.07, 6.45) is -4.40. The van der Waals surface area contributed by atoms with E-state index in [1.54, 1.807) is 30.3 Å². The summed E-state index contributed by atoms with van der Waals surface area (Å²) in [6, 6.07) is 6.97. The van der Waals surface area contributed by atoms with Crippen LogP contribution >= 0.6 is 24.2 Å². The third kappa shape index (κ3) is 8.08. The highest BCUT2D eigenvalue weighted by Crippen LogP contribution is 2.24. The van der Waals surface area contributed by atoms with Gasteiger partial charge in [0, 0.05) is 38.3 Å². The Labute approximate surface area is 166 Å². The summed E-state index contributed by atoms with van der Waals surface area (Å²) in [6.45, 7) is 1.10. The highest BCUT2D eigenvalue weighted by Gasteiger charge is 2.43. The van der Waals surface area contributed by atoms with Crippen LogP contribution in [0.3, 0.4) is 0 Å². The quantitative estimate of drug-likeness (QED) is 0.624. The first kappa shape index (κ1) is 23.7. The number of hydrogen-bond donors (Lipinski definition) is 2. The monoisotopic (exact) mass is 425 g/mol. The summed E-state index contributed by atoms with van der Waals surface area (Å²) < 4.78 is 39.7. The van der Waals surface area contributed by atoms with E-state index in [9.17, 15) is 22.8 Å². The lowest BCUT2D eigenvalue weighted by molar-refractivity contribution is -0.183. The van der Waals surface area contributed by atoms with Crippen molar-refractivity contribution in [1.82, 2.24) is 15.5 Å². The predicted molar refractivity (Wildman–Crippen MR) is 103 cm³/mol. The van der Waals surface area contributed by atoms with Gasteiger partial charge in [0.25, 0.3) is 0 Å². The zero-order valence-electron chi connectivity index (χ0n) is 14.6. The number of amides is 1. The van der Waals surface area contributed by atoms with E-state index in [4.69, 9.17) is 0 Å². The molecule has 0 aliphatic carbocycles. The number of carbonyl (C=O) groups excluding carboxylic acids is 2. The minimum Gasteiger partial charge on any atom is -0.353 e. The van der Waals surface area contributed by atoms with Gasteiger partial charge in [0.15, 0.2) is 5.78 Å². The molecular weight excluding hydrogens is 403 g/mol. The maximum absolute atomic E-state index is 13.2. The van der Waals surface area contributed by atoms with E-state index < -0.39 is 24.7 Å². The van der Waals surface area contributed by atoms with Crippen molar-refractivity contribution in [1.29, 1.82) is 0 Å². The van der Waals surface area contributed by atoms with Crippen molar-refractivity contribution in [2.24, 2.45) is 0 Å². The van der Waals surface area contributed by atoms with E-state index in [2.05, 4.69) is 10.6 Å². The summed E-state index contributed by atoms with van der Waals surface area (Å²) >= 11 is 1.09. The van der Waals surface area contributed by atoms with Crippen molar-refractivity contribution in [3.8, 4) is 0 Å². The highest BCUT2D eigenvalue weighted by atomic mass is 35.5. The molecule has 1 aromatic rings. The highest BCUT2D eigenvalue weighted by molar-refractivity contribution is 8.00. The standard InChI is InChI=1S/C17H22F3N3O2S.ClH/c18-17(19,20)15(23-8-6-21-7-9-23)10-22-16(25)12-26-11-14(24)13-4-2-1-3-5-13;/h1-5,15,21H,6-12H2,(H,22,25);1H. The summed E-state index contributed by atoms with van der Waals surface area (Å²) in [5, 5.41) is 5.35. The molecule has 0 aromatic heterocycles. The maximum atomic E-state index is 13.2. The number of nitrogens with zero attached hydrogens (tertiary/aromatic N) is 1. The number of thioether (sulfide) groups is 1. The minimum atomic E-state index is -4.40. The van der Waals surface area contributed by atoms with Crippen LogP contribution in [0.25, 0.3) is 0 Å². The molecule has 1 aromatic carbocycles. The van der Waals surface area contributed by atoms with Crippen LogP contribution in [-0.4, -0.2) is 73.0 Å². The van der Waals surface area contributed by atoms with Gasteiger partial charge in [-0.25, -0.2) is 0 Å². The van der Waals surface area contributed by atoms with Gasteiger partial charge in [-0.05, 0) is 0 Å². The molecule has 152 valence electrons. The summed E-state index contributed by atoms with van der Waals surface area (Å²) in [7, 11) is 0. The van der Waals surface area contributed by atoms with Crippen LogP contribution in [-0.2, 0) is 4.79 Å². The molecule has 1 fully saturated rings. The van der Waals surface area contributed by atoms with Crippen molar-refractivity contribution in [2.45, 2.75) is 12.2 Å². The number of rotatable bonds is 8. The average Bonchev–Trinajstić information content (AvgIpc) is 2.62. The Hall–Kier alpha value is -1.29. The number of piperazine rings is 1. The second-order valence-electron chi connectivity index (χ2n) is 5.93. The van der Waals surface area contributed by atoms with E-state index in [-0.39, 0.29) is 29.7 Å². The fourth-order valence-corrected chi connectivity index (χ4v) is 3.39. The van der Waals surface area contributed by atoms with Crippen LogP contribution in [0.2, 0.25) is 0 Å². The van der Waals surface area contributed by atoms with Gasteiger partial charge in [-0.2, -0.15) is 13.2 Å². The average molecular weight is 426 g/mol. The van der Waals surface area contributed by atoms with Gasteiger partial charge < -0.3 is 10.6 Å². The number of ketones is 1. The fraction of sp³-hybridized carbons (Fsp3) is 0.529. The van der Waals surface area contributed by atoms with Gasteiger partial charge >= 0.3 is 6.18 Å². The summed E-state index contributed by atoms with van der Waals surface area (Å²) in [5.74, 6) is -0.555. The van der Waals surface area contributed by atoms with Gasteiger partial charge in [-0.15, -0.1) is 24.2 Å². The molecule has 0 spiro atoms. The summed E-state index contributed by atoms with van der Waals surface area (Å²) in [5.41, 5.74) is 0.552. The molecule has 0 radical (unpaired) electrons. The first-order chi connectivity index (χ1) is 12.4. The number of alkyl halides is 3. The molecule has 0 saturated carbocycles. The molecule has 1 atom stereocenters. The van der Waals surface area contributed by atoms with Crippen LogP contribution in [0.4, 0.5) is 13.2 Å². The topological polar surface area (TPSA) is 61.4 Å². The van der Waals surface area contributed by atoms with Gasteiger partial charge in [0.05, 0.1) is 11.5 Å². The zero-order valence-corrected chi connectivity index (χ0v) is 16.3. The first-order valence-corrected chi connectivity index (χ1v) is 9.47. The van der Waals surface area contributed by atoms with E-state index in [1.165, 1.54) is 4.90 Å². The minimum absolute atomic E-state index is 0. The predicted octanol–water partition coefficient (Wildman–Crippen LogP) is 1.98. The second-order valence-corrected chi connectivity index (χ2v) is 6.92. The third-order valence-corrected chi connectivity index (χ3v) is 4.96. The summed E-state index contributed by atoms with van der Waals surface area (Å²) in [4.78, 5) is 25.1. The Balaban J connectivity index is 0.00000364. The molecule has 1 heterocycles. The van der Waals surface area contributed by atoms with E-state index in [1.807, 2.05) is 0 Å². The Morgan fingerprint density at radius 3 is 2.37 bits per heavy atom. The lowest BCUT2D eigenvalue weighted by Crippen LogP contribution is -2.57. The van der Waals surface area contributed by atoms with Crippen LogP contribution in [0, 0.1) is 0 Å². The second kappa shape index (κ2) is 11.5. The molecule has 1 aliphatic rings. The molecule has 1 amide bonds. The number of halogens is 4. The molecule has 10 heteroatoms. The van der Waals surface area contributed by atoms with Crippen molar-refractivity contribution < 1.29 is 22.8 Å². The van der Waals surface area contributed by atoms with Crippen molar-refractivity contribution in [2.75, 3.05) is 44.2 Å². The fourth-order valence-electron chi connectivity index (χ4n) is 2.65. The first-order valence-electron chi connectivity index (χ1n) is 8.32. The molecule has 27 heavy (non-hydrogen) atoms. The molecule has 1 unspecified atom stereocenters. The number of carbonyl (C=O) groups is 2. The van der Waals surface area contributed by atoms with E-state index >= 15 is 0 Å². The third-order valence-electron chi connectivity index (χ3n) is 4.02. The molecule has 5 nitrogen and oxygen atoms in total. The van der Waals surface area contributed by atoms with Gasteiger partial charge in [-0.1, -0.05) is 30.3 Å². The SMILES string of the molecule is Cl.O=C(CSCC(=O)c1ccccc1)NCC(N1CCNCC1)C(F)(F)F. The van der Waals surface area contributed by atoms with Crippen LogP contribution < -0.4 is 10.6 Å². The maximum Gasteiger partial charge on any atom is 0.405 e. The lowest BCUT2D eigenvalue weighted by atomic mass is 10.2. The number of nitrogens with one attached hydrogen (secondary N) is 2. The van der Waals surface area contributed by atoms with Gasteiger partial charge in [0.2, 0.25) is 5.91 Å². The molecule has 2 N–H and O–H groups in total. The Morgan fingerprint density at radius 1 is 1.15 bits per heavy atom. The van der Waals surface area contributed by atoms with Crippen LogP contribution in [0.1, 0.15) is 10.4 Å². The Kier molecular flexibility index (Phi) is 10.1. The van der Waals surface area contributed by atoms with Gasteiger partial charge in [0.1, 0.15) is 6.04 Å². The van der Waals surface area contributed by atoms with E-state index in [0.717, 1.165) is 11.8 Å². The van der Waals surface area contributed by atoms with Crippen molar-refractivity contribution in [3.05, 3.63) is 35.9 Å². The van der Waals surface area contributed by atoms with Crippen LogP contribution in [0.5, 0.6) is 0 Å². The molecular formula is C17H23ClF3N3O2S. The zero-order chi connectivity index (χ0) is 19.0. The van der Waals surface area contributed by atoms with E-state index in [0.29, 0.717) is 31.7 Å². The Morgan fingerprint density at radius 2 is 1.78 bits per heavy atom. The normalized spacial score (nSPS) is 16.3. The lowest BCUT2D eigenvalue weighted by Gasteiger charge is -2.35. The smallest absolute Gasteiger partial charge is 0.353 e.